The summed E-state index contributed by atoms with van der Waals surface area (Å²) in [6.45, 7) is 6.72. The zero-order valence-corrected chi connectivity index (χ0v) is 15.7. The summed E-state index contributed by atoms with van der Waals surface area (Å²) >= 11 is 0. The predicted molar refractivity (Wildman–Crippen MR) is 98.8 cm³/mol. The van der Waals surface area contributed by atoms with Gasteiger partial charge in [0.2, 0.25) is 10.0 Å². The molecule has 0 saturated carbocycles. The molecule has 1 saturated heterocycles. The number of hydrogen-bond donors (Lipinski definition) is 1. The van der Waals surface area contributed by atoms with Crippen LogP contribution >= 0.6 is 0 Å². The van der Waals surface area contributed by atoms with Crippen molar-refractivity contribution in [2.24, 2.45) is 0 Å². The number of sulfonamides is 1. The van der Waals surface area contributed by atoms with E-state index < -0.39 is 10.0 Å². The Morgan fingerprint density at radius 2 is 2.12 bits per heavy atom. The average Bonchev–Trinajstić information content (AvgIpc) is 3.16. The Morgan fingerprint density at radius 1 is 1.36 bits per heavy atom. The van der Waals surface area contributed by atoms with Crippen molar-refractivity contribution in [3.8, 4) is 5.69 Å². The molecule has 0 amide bonds. The van der Waals surface area contributed by atoms with E-state index in [1.165, 1.54) is 0 Å². The van der Waals surface area contributed by atoms with Crippen molar-refractivity contribution < 1.29 is 13.2 Å². The van der Waals surface area contributed by atoms with Crippen LogP contribution < -0.4 is 4.72 Å². The van der Waals surface area contributed by atoms with Gasteiger partial charge in [-0.3, -0.25) is 4.72 Å². The number of aromatic nitrogens is 2. The number of nitrogens with zero attached hydrogens (tertiary/aromatic N) is 2. The molecule has 0 bridgehead atoms. The van der Waals surface area contributed by atoms with Crippen LogP contribution in [0.2, 0.25) is 0 Å². The van der Waals surface area contributed by atoms with Gasteiger partial charge in [0.05, 0.1) is 35.1 Å². The van der Waals surface area contributed by atoms with Gasteiger partial charge in [-0.2, -0.15) is 5.10 Å². The normalized spacial score (nSPS) is 18.0. The Labute approximate surface area is 149 Å². The third kappa shape index (κ3) is 4.04. The molecule has 1 N–H and O–H groups in total. The molecule has 1 unspecified atom stereocenters. The monoisotopic (exact) mass is 363 g/mol. The largest absolute Gasteiger partial charge is 0.377 e. The van der Waals surface area contributed by atoms with Gasteiger partial charge in [0.1, 0.15) is 0 Å². The lowest BCUT2D eigenvalue weighted by molar-refractivity contribution is 0.127. The summed E-state index contributed by atoms with van der Waals surface area (Å²) in [5.41, 5.74) is 3.43. The highest BCUT2D eigenvalue weighted by molar-refractivity contribution is 7.92. The Bertz CT molecular complexity index is 837. The molecule has 1 atom stereocenters. The van der Waals surface area contributed by atoms with Crippen molar-refractivity contribution in [1.82, 2.24) is 9.78 Å². The maximum Gasteiger partial charge on any atom is 0.235 e. The highest BCUT2D eigenvalue weighted by atomic mass is 32.2. The number of para-hydroxylation sites is 1. The molecular weight excluding hydrogens is 338 g/mol. The van der Waals surface area contributed by atoms with Crippen LogP contribution in [0.3, 0.4) is 0 Å². The first-order chi connectivity index (χ1) is 11.9. The molecule has 1 fully saturated rings. The average molecular weight is 363 g/mol. The number of nitrogens with one attached hydrogen (secondary N) is 1. The van der Waals surface area contributed by atoms with E-state index in [0.29, 0.717) is 12.3 Å². The van der Waals surface area contributed by atoms with Gasteiger partial charge in [0.25, 0.3) is 0 Å². The smallest absolute Gasteiger partial charge is 0.235 e. The molecule has 0 aliphatic carbocycles. The van der Waals surface area contributed by atoms with Gasteiger partial charge in [-0.1, -0.05) is 32.0 Å². The topological polar surface area (TPSA) is 73.2 Å². The molecule has 1 aliphatic heterocycles. The standard InChI is InChI=1S/C18H25N3O3S/c1-13(2)18-16(20-25(22,23)12-15-8-6-10-24-15)11-19-21(18)17-9-5-4-7-14(17)3/h4-5,7,9,11,13,15,20H,6,8,10,12H2,1-3H3. The van der Waals surface area contributed by atoms with E-state index >= 15 is 0 Å². The van der Waals surface area contributed by atoms with Crippen LogP contribution in [0.5, 0.6) is 0 Å². The van der Waals surface area contributed by atoms with Crippen LogP contribution in [0.15, 0.2) is 30.5 Å². The van der Waals surface area contributed by atoms with E-state index in [1.807, 2.05) is 49.7 Å². The molecule has 3 rings (SSSR count). The number of benzene rings is 1. The molecule has 1 aromatic carbocycles. The fourth-order valence-electron chi connectivity index (χ4n) is 3.21. The second-order valence-corrected chi connectivity index (χ2v) is 8.58. The van der Waals surface area contributed by atoms with Gasteiger partial charge >= 0.3 is 0 Å². The Hall–Kier alpha value is -1.86. The SMILES string of the molecule is Cc1ccccc1-n1ncc(NS(=O)(=O)CC2CCCO2)c1C(C)C. The Morgan fingerprint density at radius 3 is 2.76 bits per heavy atom. The van der Waals surface area contributed by atoms with E-state index in [-0.39, 0.29) is 17.8 Å². The first kappa shape index (κ1) is 17.9. The molecule has 6 nitrogen and oxygen atoms in total. The lowest BCUT2D eigenvalue weighted by Crippen LogP contribution is -2.26. The van der Waals surface area contributed by atoms with E-state index in [0.717, 1.165) is 29.8 Å². The maximum atomic E-state index is 12.5. The quantitative estimate of drug-likeness (QED) is 0.855. The van der Waals surface area contributed by atoms with Crippen LogP contribution in [-0.4, -0.2) is 36.7 Å². The Kier molecular flexibility index (Phi) is 5.15. The predicted octanol–water partition coefficient (Wildman–Crippen LogP) is 3.22. The van der Waals surface area contributed by atoms with Gasteiger partial charge in [0.15, 0.2) is 0 Å². The van der Waals surface area contributed by atoms with Gasteiger partial charge in [-0.25, -0.2) is 13.1 Å². The number of rotatable bonds is 6. The first-order valence-corrected chi connectivity index (χ1v) is 10.3. The highest BCUT2D eigenvalue weighted by Gasteiger charge is 2.26. The lowest BCUT2D eigenvalue weighted by atomic mass is 10.1. The third-order valence-electron chi connectivity index (χ3n) is 4.39. The molecular formula is C18H25N3O3S. The summed E-state index contributed by atoms with van der Waals surface area (Å²) in [7, 11) is -3.48. The molecule has 1 aliphatic rings. The van der Waals surface area contributed by atoms with Gasteiger partial charge in [0, 0.05) is 6.61 Å². The third-order valence-corrected chi connectivity index (χ3v) is 5.73. The van der Waals surface area contributed by atoms with Crippen molar-refractivity contribution in [1.29, 1.82) is 0 Å². The van der Waals surface area contributed by atoms with Crippen LogP contribution in [-0.2, 0) is 14.8 Å². The van der Waals surface area contributed by atoms with Crippen LogP contribution in [0.4, 0.5) is 5.69 Å². The highest BCUT2D eigenvalue weighted by Crippen LogP contribution is 2.29. The van der Waals surface area contributed by atoms with E-state index in [2.05, 4.69) is 9.82 Å². The lowest BCUT2D eigenvalue weighted by Gasteiger charge is -2.16. The fourth-order valence-corrected chi connectivity index (χ4v) is 4.54. The molecule has 7 heteroatoms. The molecule has 0 radical (unpaired) electrons. The maximum absolute atomic E-state index is 12.5. The van der Waals surface area contributed by atoms with Gasteiger partial charge in [-0.15, -0.1) is 0 Å². The van der Waals surface area contributed by atoms with Crippen molar-refractivity contribution >= 4 is 15.7 Å². The van der Waals surface area contributed by atoms with Crippen molar-refractivity contribution in [2.45, 2.75) is 45.6 Å². The molecule has 2 aromatic rings. The number of ether oxygens (including phenoxy) is 1. The minimum atomic E-state index is -3.48. The molecule has 25 heavy (non-hydrogen) atoms. The Balaban J connectivity index is 1.91. The molecule has 0 spiro atoms. The van der Waals surface area contributed by atoms with Crippen LogP contribution in [0.1, 0.15) is 43.9 Å². The van der Waals surface area contributed by atoms with E-state index in [9.17, 15) is 8.42 Å². The molecule has 2 heterocycles. The van der Waals surface area contributed by atoms with Gasteiger partial charge < -0.3 is 4.74 Å². The van der Waals surface area contributed by atoms with E-state index in [4.69, 9.17) is 4.74 Å². The summed E-state index contributed by atoms with van der Waals surface area (Å²) < 4.78 is 35.0. The summed E-state index contributed by atoms with van der Waals surface area (Å²) in [5, 5.41) is 4.44. The minimum absolute atomic E-state index is 0.0138. The van der Waals surface area contributed by atoms with Gasteiger partial charge in [-0.05, 0) is 37.3 Å². The minimum Gasteiger partial charge on any atom is -0.377 e. The summed E-state index contributed by atoms with van der Waals surface area (Å²) in [5.74, 6) is 0.0997. The second-order valence-electron chi connectivity index (χ2n) is 6.81. The number of hydrogen-bond acceptors (Lipinski definition) is 4. The summed E-state index contributed by atoms with van der Waals surface area (Å²) in [6, 6.07) is 7.93. The van der Waals surface area contributed by atoms with E-state index in [1.54, 1.807) is 6.20 Å². The second kappa shape index (κ2) is 7.17. The summed E-state index contributed by atoms with van der Waals surface area (Å²) in [6.07, 6.45) is 3.09. The zero-order valence-electron chi connectivity index (χ0n) is 14.9. The van der Waals surface area contributed by atoms with Crippen molar-refractivity contribution in [2.75, 3.05) is 17.1 Å². The van der Waals surface area contributed by atoms with Crippen molar-refractivity contribution in [3.63, 3.8) is 0 Å². The first-order valence-electron chi connectivity index (χ1n) is 8.63. The zero-order chi connectivity index (χ0) is 18.0. The fraction of sp³-hybridized carbons (Fsp3) is 0.500. The summed E-state index contributed by atoms with van der Waals surface area (Å²) in [4.78, 5) is 0. The molecule has 1 aromatic heterocycles. The van der Waals surface area contributed by atoms with Crippen LogP contribution in [0, 0.1) is 6.92 Å². The molecule has 136 valence electrons. The number of anilines is 1. The van der Waals surface area contributed by atoms with Crippen LogP contribution in [0.25, 0.3) is 5.69 Å². The number of aryl methyl sites for hydroxylation is 1. The van der Waals surface area contributed by atoms with Crippen molar-refractivity contribution in [3.05, 3.63) is 41.7 Å².